The number of rotatable bonds is 5. The molecule has 144 valence electrons. The van der Waals surface area contributed by atoms with Gasteiger partial charge in [-0.15, -0.1) is 0 Å². The second kappa shape index (κ2) is 7.55. The van der Waals surface area contributed by atoms with E-state index < -0.39 is 18.3 Å². The van der Waals surface area contributed by atoms with Crippen LogP contribution in [0, 0.1) is 0 Å². The third kappa shape index (κ3) is 4.07. The van der Waals surface area contributed by atoms with Crippen LogP contribution in [0.3, 0.4) is 0 Å². The molecule has 0 aliphatic carbocycles. The highest BCUT2D eigenvalue weighted by molar-refractivity contribution is 6.62. The Morgan fingerprint density at radius 2 is 1.56 bits per heavy atom. The smallest absolute Gasteiger partial charge is 0.495 e. The minimum absolute atomic E-state index is 0.250. The van der Waals surface area contributed by atoms with Gasteiger partial charge in [-0.05, 0) is 63.0 Å². The van der Waals surface area contributed by atoms with Crippen LogP contribution in [0.2, 0.25) is 10.0 Å². The van der Waals surface area contributed by atoms with Gasteiger partial charge in [0.05, 0.1) is 28.4 Å². The fourth-order valence-electron chi connectivity index (χ4n) is 2.80. The first-order valence-electron chi connectivity index (χ1n) is 8.74. The van der Waals surface area contributed by atoms with Crippen molar-refractivity contribution in [2.24, 2.45) is 0 Å². The summed E-state index contributed by atoms with van der Waals surface area (Å²) in [6.07, 6.45) is 0. The molecular weight excluding hydrogens is 386 g/mol. The van der Waals surface area contributed by atoms with E-state index in [0.717, 1.165) is 16.8 Å². The van der Waals surface area contributed by atoms with Crippen molar-refractivity contribution in [1.82, 2.24) is 0 Å². The Hall–Kier alpha value is -1.40. The van der Waals surface area contributed by atoms with Crippen molar-refractivity contribution in [3.8, 4) is 11.5 Å². The molecule has 0 radical (unpaired) electrons. The van der Waals surface area contributed by atoms with E-state index in [0.29, 0.717) is 15.8 Å². The van der Waals surface area contributed by atoms with E-state index in [-0.39, 0.29) is 6.61 Å². The van der Waals surface area contributed by atoms with Crippen LogP contribution in [-0.2, 0) is 15.9 Å². The van der Waals surface area contributed by atoms with E-state index in [1.54, 1.807) is 25.3 Å². The highest BCUT2D eigenvalue weighted by Gasteiger charge is 2.52. The lowest BCUT2D eigenvalue weighted by Gasteiger charge is -2.32. The van der Waals surface area contributed by atoms with Gasteiger partial charge in [-0.1, -0.05) is 35.3 Å². The van der Waals surface area contributed by atoms with Crippen LogP contribution in [0.5, 0.6) is 11.5 Å². The van der Waals surface area contributed by atoms with Crippen molar-refractivity contribution in [2.45, 2.75) is 45.5 Å². The Morgan fingerprint density at radius 3 is 2.11 bits per heavy atom. The van der Waals surface area contributed by atoms with Crippen molar-refractivity contribution in [3.05, 3.63) is 52.0 Å². The molecular formula is C20H23BCl2O4. The molecule has 27 heavy (non-hydrogen) atoms. The molecule has 0 spiro atoms. The predicted molar refractivity (Wildman–Crippen MR) is 110 cm³/mol. The molecule has 0 amide bonds. The maximum atomic E-state index is 6.21. The molecule has 0 bridgehead atoms. The van der Waals surface area contributed by atoms with Gasteiger partial charge in [0.25, 0.3) is 0 Å². The summed E-state index contributed by atoms with van der Waals surface area (Å²) in [5, 5.41) is 0.921. The number of hydrogen-bond donors (Lipinski definition) is 0. The van der Waals surface area contributed by atoms with E-state index in [1.807, 2.05) is 45.9 Å². The first-order chi connectivity index (χ1) is 12.6. The molecule has 3 rings (SSSR count). The molecule has 0 unspecified atom stereocenters. The Balaban J connectivity index is 1.90. The summed E-state index contributed by atoms with van der Waals surface area (Å²) in [6.45, 7) is 8.35. The molecule has 0 saturated carbocycles. The van der Waals surface area contributed by atoms with Gasteiger partial charge in [-0.25, -0.2) is 0 Å². The summed E-state index contributed by atoms with van der Waals surface area (Å²) in [4.78, 5) is 0. The van der Waals surface area contributed by atoms with Crippen LogP contribution in [-0.4, -0.2) is 25.4 Å². The monoisotopic (exact) mass is 408 g/mol. The average Bonchev–Trinajstić information content (AvgIpc) is 2.81. The second-order valence-electron chi connectivity index (χ2n) is 7.49. The average molecular weight is 409 g/mol. The molecule has 2 aromatic rings. The minimum atomic E-state index is -0.499. The van der Waals surface area contributed by atoms with Crippen molar-refractivity contribution >= 4 is 35.8 Å². The van der Waals surface area contributed by atoms with Crippen LogP contribution < -0.4 is 14.9 Å². The van der Waals surface area contributed by atoms with Gasteiger partial charge in [0, 0.05) is 0 Å². The zero-order valence-electron chi connectivity index (χ0n) is 16.1. The summed E-state index contributed by atoms with van der Waals surface area (Å²) < 4.78 is 23.7. The lowest BCUT2D eigenvalue weighted by molar-refractivity contribution is 0.00578. The number of benzene rings is 2. The fraction of sp³-hybridized carbons (Fsp3) is 0.400. The molecule has 0 aromatic heterocycles. The van der Waals surface area contributed by atoms with Crippen molar-refractivity contribution in [3.63, 3.8) is 0 Å². The van der Waals surface area contributed by atoms with E-state index >= 15 is 0 Å². The van der Waals surface area contributed by atoms with Gasteiger partial charge < -0.3 is 18.8 Å². The number of ether oxygens (including phenoxy) is 2. The Bertz CT molecular complexity index is 802. The minimum Gasteiger partial charge on any atom is -0.497 e. The number of hydrogen-bond acceptors (Lipinski definition) is 4. The van der Waals surface area contributed by atoms with Gasteiger partial charge >= 0.3 is 7.12 Å². The lowest BCUT2D eigenvalue weighted by Crippen LogP contribution is -2.41. The quantitative estimate of drug-likeness (QED) is 0.660. The molecule has 0 atom stereocenters. The highest BCUT2D eigenvalue weighted by atomic mass is 35.5. The van der Waals surface area contributed by atoms with Crippen molar-refractivity contribution < 1.29 is 18.8 Å². The molecule has 2 aromatic carbocycles. The molecule has 1 fully saturated rings. The van der Waals surface area contributed by atoms with Crippen LogP contribution in [0.25, 0.3) is 0 Å². The largest absolute Gasteiger partial charge is 0.497 e. The summed E-state index contributed by atoms with van der Waals surface area (Å²) in [7, 11) is 1.13. The summed E-state index contributed by atoms with van der Waals surface area (Å²) in [5.41, 5.74) is 0.908. The predicted octanol–water partition coefficient (Wildman–Crippen LogP) is 4.88. The van der Waals surface area contributed by atoms with Crippen LogP contribution in [0.15, 0.2) is 36.4 Å². The van der Waals surface area contributed by atoms with Gasteiger partial charge in [0.1, 0.15) is 12.4 Å². The maximum Gasteiger partial charge on any atom is 0.495 e. The van der Waals surface area contributed by atoms with Gasteiger partial charge in [-0.3, -0.25) is 0 Å². The second-order valence-corrected chi connectivity index (χ2v) is 8.31. The highest BCUT2D eigenvalue weighted by Crippen LogP contribution is 2.37. The first kappa shape index (κ1) is 20.3. The van der Waals surface area contributed by atoms with Crippen LogP contribution >= 0.6 is 23.2 Å². The maximum absolute atomic E-state index is 6.21. The zero-order chi connectivity index (χ0) is 19.8. The topological polar surface area (TPSA) is 36.9 Å². The van der Waals surface area contributed by atoms with Gasteiger partial charge in [0.2, 0.25) is 0 Å². The Morgan fingerprint density at radius 1 is 0.963 bits per heavy atom. The number of para-hydroxylation sites is 1. The summed E-state index contributed by atoms with van der Waals surface area (Å²) in [5.74, 6) is 1.17. The van der Waals surface area contributed by atoms with Crippen molar-refractivity contribution in [2.75, 3.05) is 7.11 Å². The Labute approximate surface area is 170 Å². The van der Waals surface area contributed by atoms with Gasteiger partial charge in [-0.2, -0.15) is 0 Å². The first-order valence-corrected chi connectivity index (χ1v) is 9.49. The van der Waals surface area contributed by atoms with Crippen molar-refractivity contribution in [1.29, 1.82) is 0 Å². The Kier molecular flexibility index (Phi) is 5.69. The molecule has 0 N–H and O–H groups in total. The number of halogens is 2. The third-order valence-electron chi connectivity index (χ3n) is 5.15. The standard InChI is InChI=1S/C20H23BCl2O4/c1-19(2)20(3,4)27-21(26-19)15-10-9-14(24-5)11-13(15)12-25-18-16(22)7-6-8-17(18)23/h6-11H,12H2,1-5H3. The lowest BCUT2D eigenvalue weighted by atomic mass is 9.76. The van der Waals surface area contributed by atoms with E-state index in [4.69, 9.17) is 42.0 Å². The SMILES string of the molecule is COc1ccc(B2OC(C)(C)C(C)(C)O2)c(COc2c(Cl)cccc2Cl)c1. The number of methoxy groups -OCH3 is 1. The van der Waals surface area contributed by atoms with Crippen LogP contribution in [0.4, 0.5) is 0 Å². The normalized spacial score (nSPS) is 17.8. The summed E-state index contributed by atoms with van der Waals surface area (Å²) >= 11 is 12.4. The molecule has 1 aliphatic heterocycles. The van der Waals surface area contributed by atoms with E-state index in [1.165, 1.54) is 0 Å². The third-order valence-corrected chi connectivity index (χ3v) is 5.74. The molecule has 1 heterocycles. The molecule has 1 aliphatic rings. The molecule has 7 heteroatoms. The van der Waals surface area contributed by atoms with E-state index in [9.17, 15) is 0 Å². The van der Waals surface area contributed by atoms with Crippen LogP contribution in [0.1, 0.15) is 33.3 Å². The molecule has 1 saturated heterocycles. The summed E-state index contributed by atoms with van der Waals surface area (Å²) in [6, 6.07) is 11.0. The van der Waals surface area contributed by atoms with Gasteiger partial charge in [0.15, 0.2) is 5.75 Å². The molecule has 4 nitrogen and oxygen atoms in total. The zero-order valence-corrected chi connectivity index (χ0v) is 17.6. The fourth-order valence-corrected chi connectivity index (χ4v) is 3.31. The van der Waals surface area contributed by atoms with E-state index in [2.05, 4.69) is 0 Å².